The van der Waals surface area contributed by atoms with Crippen molar-refractivity contribution in [3.63, 3.8) is 0 Å². The molecule has 2 aliphatic rings. The first kappa shape index (κ1) is 17.8. The molecular weight excluding hydrogens is 340 g/mol. The highest BCUT2D eigenvalue weighted by molar-refractivity contribution is 8.18. The molecule has 0 radical (unpaired) electrons. The number of quaternary nitrogens is 1. The number of ether oxygens (including phenoxy) is 2. The number of imide groups is 1. The molecule has 1 aromatic carbocycles. The first-order chi connectivity index (χ1) is 12.1. The van der Waals surface area contributed by atoms with E-state index in [0.29, 0.717) is 23.1 Å². The average Bonchev–Trinajstić information content (AvgIpc) is 2.90. The zero-order valence-corrected chi connectivity index (χ0v) is 15.4. The van der Waals surface area contributed by atoms with Gasteiger partial charge in [0.2, 0.25) is 0 Å². The van der Waals surface area contributed by atoms with Gasteiger partial charge in [0.25, 0.3) is 11.1 Å². The average molecular weight is 363 g/mol. The number of piperidine rings is 1. The van der Waals surface area contributed by atoms with Gasteiger partial charge >= 0.3 is 0 Å². The third-order valence-electron chi connectivity index (χ3n) is 4.54. The SMILES string of the molecule is COc1ccc(C=C2SC(=O)N(C[NH+]3CCCCC3)C2=O)c(OC)c1. The number of amides is 2. The molecule has 2 saturated heterocycles. The van der Waals surface area contributed by atoms with E-state index in [0.717, 1.165) is 43.3 Å². The zero-order chi connectivity index (χ0) is 17.8. The second kappa shape index (κ2) is 7.93. The van der Waals surface area contributed by atoms with Gasteiger partial charge in [-0.05, 0) is 49.2 Å². The number of benzene rings is 1. The molecule has 0 atom stereocenters. The molecule has 2 aliphatic heterocycles. The van der Waals surface area contributed by atoms with Gasteiger partial charge in [-0.25, -0.2) is 4.90 Å². The van der Waals surface area contributed by atoms with Gasteiger partial charge in [-0.1, -0.05) is 0 Å². The molecule has 0 saturated carbocycles. The van der Waals surface area contributed by atoms with Gasteiger partial charge in [0, 0.05) is 11.6 Å². The van der Waals surface area contributed by atoms with Crippen LogP contribution in [0.2, 0.25) is 0 Å². The standard InChI is InChI=1S/C18H22N2O4S/c1-23-14-7-6-13(15(11-14)24-2)10-16-17(21)20(18(22)25-16)12-19-8-4-3-5-9-19/h6-7,10-11H,3-5,8-9,12H2,1-2H3/p+1. The third kappa shape index (κ3) is 3.99. The summed E-state index contributed by atoms with van der Waals surface area (Å²) in [4.78, 5) is 28.0. The summed E-state index contributed by atoms with van der Waals surface area (Å²) >= 11 is 0.993. The molecule has 7 heteroatoms. The number of methoxy groups -OCH3 is 2. The van der Waals surface area contributed by atoms with Crippen LogP contribution in [0.25, 0.3) is 6.08 Å². The van der Waals surface area contributed by atoms with Crippen molar-refractivity contribution in [2.24, 2.45) is 0 Å². The molecule has 6 nitrogen and oxygen atoms in total. The Morgan fingerprint density at radius 2 is 1.92 bits per heavy atom. The number of hydrogen-bond acceptors (Lipinski definition) is 5. The molecule has 1 aromatic rings. The van der Waals surface area contributed by atoms with E-state index in [4.69, 9.17) is 9.47 Å². The molecule has 2 amide bonds. The van der Waals surface area contributed by atoms with Gasteiger partial charge in [-0.2, -0.15) is 0 Å². The van der Waals surface area contributed by atoms with Crippen molar-refractivity contribution in [1.82, 2.24) is 4.90 Å². The predicted molar refractivity (Wildman–Crippen MR) is 96.8 cm³/mol. The molecule has 3 rings (SSSR count). The smallest absolute Gasteiger partial charge is 0.298 e. The van der Waals surface area contributed by atoms with Gasteiger partial charge in [0.05, 0.1) is 32.2 Å². The quantitative estimate of drug-likeness (QED) is 0.808. The summed E-state index contributed by atoms with van der Waals surface area (Å²) in [6.45, 7) is 2.50. The number of carbonyl (C=O) groups excluding carboxylic acids is 2. The number of thioether (sulfide) groups is 1. The summed E-state index contributed by atoms with van der Waals surface area (Å²) in [5, 5.41) is -0.193. The summed E-state index contributed by atoms with van der Waals surface area (Å²) in [5.74, 6) is 1.06. The highest BCUT2D eigenvalue weighted by atomic mass is 32.2. The van der Waals surface area contributed by atoms with Gasteiger partial charge < -0.3 is 14.4 Å². The van der Waals surface area contributed by atoms with E-state index in [-0.39, 0.29) is 11.1 Å². The van der Waals surface area contributed by atoms with E-state index < -0.39 is 0 Å². The molecule has 0 spiro atoms. The van der Waals surface area contributed by atoms with Crippen LogP contribution >= 0.6 is 11.8 Å². The van der Waals surface area contributed by atoms with E-state index in [1.165, 1.54) is 16.2 Å². The van der Waals surface area contributed by atoms with Crippen molar-refractivity contribution >= 4 is 29.0 Å². The maximum atomic E-state index is 12.7. The molecule has 0 unspecified atom stereocenters. The molecule has 0 aromatic heterocycles. The van der Waals surface area contributed by atoms with Crippen molar-refractivity contribution in [2.75, 3.05) is 34.0 Å². The topological polar surface area (TPSA) is 60.3 Å². The normalized spacial score (nSPS) is 20.4. The maximum absolute atomic E-state index is 12.7. The Morgan fingerprint density at radius 1 is 1.16 bits per heavy atom. The maximum Gasteiger partial charge on any atom is 0.298 e. The molecule has 0 aliphatic carbocycles. The fourth-order valence-corrected chi connectivity index (χ4v) is 3.98. The lowest BCUT2D eigenvalue weighted by atomic mass is 10.1. The fraction of sp³-hybridized carbons (Fsp3) is 0.444. The fourth-order valence-electron chi connectivity index (χ4n) is 3.15. The highest BCUT2D eigenvalue weighted by Gasteiger charge is 2.37. The molecule has 134 valence electrons. The molecule has 2 fully saturated rings. The van der Waals surface area contributed by atoms with Crippen molar-refractivity contribution < 1.29 is 24.0 Å². The summed E-state index contributed by atoms with van der Waals surface area (Å²) in [7, 11) is 3.15. The summed E-state index contributed by atoms with van der Waals surface area (Å²) in [6.07, 6.45) is 5.27. The highest BCUT2D eigenvalue weighted by Crippen LogP contribution is 2.34. The summed E-state index contributed by atoms with van der Waals surface area (Å²) < 4.78 is 10.5. The third-order valence-corrected chi connectivity index (χ3v) is 5.45. The zero-order valence-electron chi connectivity index (χ0n) is 14.5. The van der Waals surface area contributed by atoms with Crippen LogP contribution in [0.4, 0.5) is 4.79 Å². The van der Waals surface area contributed by atoms with Crippen LogP contribution in [-0.2, 0) is 4.79 Å². The van der Waals surface area contributed by atoms with Crippen LogP contribution in [0.5, 0.6) is 11.5 Å². The summed E-state index contributed by atoms with van der Waals surface area (Å²) in [5.41, 5.74) is 0.749. The minimum Gasteiger partial charge on any atom is -0.497 e. The Bertz CT molecular complexity index is 698. The molecule has 0 bridgehead atoms. The van der Waals surface area contributed by atoms with Crippen LogP contribution in [0, 0.1) is 0 Å². The lowest BCUT2D eigenvalue weighted by Gasteiger charge is -2.26. The molecule has 25 heavy (non-hydrogen) atoms. The Morgan fingerprint density at radius 3 is 2.60 bits per heavy atom. The van der Waals surface area contributed by atoms with Crippen molar-refractivity contribution in [1.29, 1.82) is 0 Å². The van der Waals surface area contributed by atoms with Crippen LogP contribution < -0.4 is 14.4 Å². The van der Waals surface area contributed by atoms with E-state index >= 15 is 0 Å². The minimum absolute atomic E-state index is 0.193. The van der Waals surface area contributed by atoms with E-state index in [2.05, 4.69) is 0 Å². The second-order valence-corrected chi connectivity index (χ2v) is 7.18. The van der Waals surface area contributed by atoms with Gasteiger partial charge in [-0.15, -0.1) is 0 Å². The number of likely N-dealkylation sites (tertiary alicyclic amines) is 1. The summed E-state index contributed by atoms with van der Waals surface area (Å²) in [6, 6.07) is 5.38. The van der Waals surface area contributed by atoms with Gasteiger partial charge in [0.15, 0.2) is 6.67 Å². The first-order valence-electron chi connectivity index (χ1n) is 8.43. The Labute approximate surface area is 151 Å². The van der Waals surface area contributed by atoms with Crippen molar-refractivity contribution in [3.05, 3.63) is 28.7 Å². The molecular formula is C18H23N2O4S+. The predicted octanol–water partition coefficient (Wildman–Crippen LogP) is 1.77. The Kier molecular flexibility index (Phi) is 5.65. The lowest BCUT2D eigenvalue weighted by molar-refractivity contribution is -0.912. The van der Waals surface area contributed by atoms with Crippen LogP contribution in [-0.4, -0.2) is 50.0 Å². The monoisotopic (exact) mass is 363 g/mol. The van der Waals surface area contributed by atoms with Crippen molar-refractivity contribution in [3.8, 4) is 11.5 Å². The van der Waals surface area contributed by atoms with Gasteiger partial charge in [-0.3, -0.25) is 9.59 Å². The minimum atomic E-state index is -0.217. The Hall–Kier alpha value is -1.99. The van der Waals surface area contributed by atoms with Gasteiger partial charge in [0.1, 0.15) is 11.5 Å². The van der Waals surface area contributed by atoms with Crippen LogP contribution in [0.1, 0.15) is 24.8 Å². The molecule has 1 N–H and O–H groups in total. The largest absolute Gasteiger partial charge is 0.497 e. The van der Waals surface area contributed by atoms with Crippen LogP contribution in [0.3, 0.4) is 0 Å². The first-order valence-corrected chi connectivity index (χ1v) is 9.25. The number of nitrogens with one attached hydrogen (secondary N) is 1. The van der Waals surface area contributed by atoms with Crippen molar-refractivity contribution in [2.45, 2.75) is 19.3 Å². The second-order valence-electron chi connectivity index (χ2n) is 6.19. The molecule has 2 heterocycles. The van der Waals surface area contributed by atoms with Crippen LogP contribution in [0.15, 0.2) is 23.1 Å². The Balaban J connectivity index is 1.78. The number of nitrogens with zero attached hydrogens (tertiary/aromatic N) is 1. The van der Waals surface area contributed by atoms with E-state index in [1.807, 2.05) is 6.07 Å². The van der Waals surface area contributed by atoms with E-state index in [9.17, 15) is 9.59 Å². The number of hydrogen-bond donors (Lipinski definition) is 1. The number of rotatable bonds is 5. The van der Waals surface area contributed by atoms with E-state index in [1.54, 1.807) is 32.4 Å². The lowest BCUT2D eigenvalue weighted by Crippen LogP contribution is -3.14. The number of carbonyl (C=O) groups is 2.